The zero-order chi connectivity index (χ0) is 22.4. The van der Waals surface area contributed by atoms with Crippen LogP contribution < -0.4 is 10.6 Å². The molecule has 166 valence electrons. The summed E-state index contributed by atoms with van der Waals surface area (Å²) in [5.74, 6) is 1.41. The Kier molecular flexibility index (Phi) is 9.87. The van der Waals surface area contributed by atoms with E-state index in [9.17, 15) is 9.59 Å². The Morgan fingerprint density at radius 1 is 0.719 bits per heavy atom. The largest absolute Gasteiger partial charge is 0.355 e. The minimum absolute atomic E-state index is 0.0246. The van der Waals surface area contributed by atoms with Gasteiger partial charge in [-0.2, -0.15) is 0 Å². The second-order valence-electron chi connectivity index (χ2n) is 7.63. The molecule has 0 heterocycles. The van der Waals surface area contributed by atoms with E-state index in [0.717, 1.165) is 41.8 Å². The fourth-order valence-corrected chi connectivity index (χ4v) is 4.15. The fraction of sp³-hybridized carbons (Fsp3) is 0.259. The summed E-state index contributed by atoms with van der Waals surface area (Å²) < 4.78 is 0. The smallest absolute Gasteiger partial charge is 0.230 e. The maximum atomic E-state index is 12.3. The molecule has 0 aliphatic heterocycles. The number of hydrogen-bond donors (Lipinski definition) is 2. The van der Waals surface area contributed by atoms with E-state index >= 15 is 0 Å². The van der Waals surface area contributed by atoms with Crippen molar-refractivity contribution in [1.29, 1.82) is 0 Å². The van der Waals surface area contributed by atoms with Gasteiger partial charge in [0.2, 0.25) is 11.8 Å². The van der Waals surface area contributed by atoms with Crippen LogP contribution >= 0.6 is 11.8 Å². The highest BCUT2D eigenvalue weighted by Crippen LogP contribution is 2.22. The molecule has 0 radical (unpaired) electrons. The SMILES string of the molecule is O=C(CSCc1ccccc1)NCCCCCC(=O)Nc1cccc(-c2ccccc2)c1. The summed E-state index contributed by atoms with van der Waals surface area (Å²) in [4.78, 5) is 24.2. The van der Waals surface area contributed by atoms with Gasteiger partial charge >= 0.3 is 0 Å². The second kappa shape index (κ2) is 13.4. The maximum Gasteiger partial charge on any atom is 0.230 e. The van der Waals surface area contributed by atoms with E-state index in [-0.39, 0.29) is 11.8 Å². The van der Waals surface area contributed by atoms with Gasteiger partial charge in [0.05, 0.1) is 5.75 Å². The van der Waals surface area contributed by atoms with Crippen LogP contribution in [0.3, 0.4) is 0 Å². The summed E-state index contributed by atoms with van der Waals surface area (Å²) in [6, 6.07) is 28.2. The number of unbranched alkanes of at least 4 members (excludes halogenated alkanes) is 2. The van der Waals surface area contributed by atoms with Crippen LogP contribution in [0.15, 0.2) is 84.9 Å². The van der Waals surface area contributed by atoms with Gasteiger partial charge in [-0.1, -0.05) is 79.2 Å². The van der Waals surface area contributed by atoms with Crippen molar-refractivity contribution in [2.75, 3.05) is 17.6 Å². The summed E-state index contributed by atoms with van der Waals surface area (Å²) in [5, 5.41) is 5.94. The van der Waals surface area contributed by atoms with E-state index in [1.54, 1.807) is 11.8 Å². The molecule has 0 fully saturated rings. The number of benzene rings is 3. The lowest BCUT2D eigenvalue weighted by molar-refractivity contribution is -0.118. The maximum absolute atomic E-state index is 12.3. The molecule has 32 heavy (non-hydrogen) atoms. The van der Waals surface area contributed by atoms with Gasteiger partial charge in [0, 0.05) is 24.4 Å². The molecule has 3 rings (SSSR count). The van der Waals surface area contributed by atoms with Gasteiger partial charge in [-0.3, -0.25) is 9.59 Å². The number of thioether (sulfide) groups is 1. The molecule has 0 spiro atoms. The summed E-state index contributed by atoms with van der Waals surface area (Å²) in [6.07, 6.45) is 3.08. The van der Waals surface area contributed by atoms with Gasteiger partial charge in [-0.25, -0.2) is 0 Å². The van der Waals surface area contributed by atoms with Crippen LogP contribution in [0, 0.1) is 0 Å². The Hall–Kier alpha value is -3.05. The molecule has 0 saturated heterocycles. The van der Waals surface area contributed by atoms with E-state index in [1.165, 1.54) is 5.56 Å². The lowest BCUT2D eigenvalue weighted by Crippen LogP contribution is -2.26. The molecule has 0 bridgehead atoms. The third-order valence-corrected chi connectivity index (χ3v) is 6.00. The molecule has 2 N–H and O–H groups in total. The van der Waals surface area contributed by atoms with Crippen LogP contribution in [0.4, 0.5) is 5.69 Å². The number of anilines is 1. The van der Waals surface area contributed by atoms with Crippen molar-refractivity contribution in [3.8, 4) is 11.1 Å². The van der Waals surface area contributed by atoms with E-state index in [4.69, 9.17) is 0 Å². The first-order chi connectivity index (χ1) is 15.7. The van der Waals surface area contributed by atoms with Crippen molar-refractivity contribution in [2.24, 2.45) is 0 Å². The molecule has 5 heteroatoms. The molecule has 4 nitrogen and oxygen atoms in total. The van der Waals surface area contributed by atoms with Crippen LogP contribution in [-0.2, 0) is 15.3 Å². The Balaban J connectivity index is 1.25. The Labute approximate surface area is 194 Å². The second-order valence-corrected chi connectivity index (χ2v) is 8.62. The minimum atomic E-state index is 0.0246. The van der Waals surface area contributed by atoms with Crippen LogP contribution in [0.5, 0.6) is 0 Å². The highest BCUT2D eigenvalue weighted by molar-refractivity contribution is 7.99. The quantitative estimate of drug-likeness (QED) is 0.341. The zero-order valence-electron chi connectivity index (χ0n) is 18.3. The van der Waals surface area contributed by atoms with E-state index in [2.05, 4.69) is 34.9 Å². The summed E-state index contributed by atoms with van der Waals surface area (Å²) >= 11 is 1.62. The molecule has 2 amide bonds. The van der Waals surface area contributed by atoms with Crippen molar-refractivity contribution in [2.45, 2.75) is 31.4 Å². The average Bonchev–Trinajstić information content (AvgIpc) is 2.83. The van der Waals surface area contributed by atoms with Crippen LogP contribution in [-0.4, -0.2) is 24.1 Å². The molecule has 3 aromatic carbocycles. The van der Waals surface area contributed by atoms with Crippen LogP contribution in [0.1, 0.15) is 31.2 Å². The van der Waals surface area contributed by atoms with E-state index < -0.39 is 0 Å². The molecular weight excluding hydrogens is 416 g/mol. The van der Waals surface area contributed by atoms with Gasteiger partial charge in [0.15, 0.2) is 0 Å². The Morgan fingerprint density at radius 2 is 1.44 bits per heavy atom. The predicted molar refractivity (Wildman–Crippen MR) is 135 cm³/mol. The van der Waals surface area contributed by atoms with Gasteiger partial charge in [-0.05, 0) is 41.7 Å². The molecule has 3 aromatic rings. The van der Waals surface area contributed by atoms with Crippen molar-refractivity contribution < 1.29 is 9.59 Å². The first kappa shape index (κ1) is 23.6. The monoisotopic (exact) mass is 446 g/mol. The summed E-state index contributed by atoms with van der Waals surface area (Å²) in [6.45, 7) is 0.658. The molecule has 0 unspecified atom stereocenters. The van der Waals surface area contributed by atoms with Crippen molar-refractivity contribution in [3.63, 3.8) is 0 Å². The number of rotatable bonds is 12. The summed E-state index contributed by atoms with van der Waals surface area (Å²) in [7, 11) is 0. The number of carbonyl (C=O) groups excluding carboxylic acids is 2. The van der Waals surface area contributed by atoms with E-state index in [0.29, 0.717) is 18.7 Å². The first-order valence-electron chi connectivity index (χ1n) is 11.0. The molecule has 0 aromatic heterocycles. The first-order valence-corrected chi connectivity index (χ1v) is 12.2. The third kappa shape index (κ3) is 8.60. The van der Waals surface area contributed by atoms with Gasteiger partial charge in [-0.15, -0.1) is 11.8 Å². The molecule has 0 aliphatic carbocycles. The molecule has 0 atom stereocenters. The van der Waals surface area contributed by atoms with Crippen molar-refractivity contribution in [1.82, 2.24) is 5.32 Å². The third-order valence-electron chi connectivity index (χ3n) is 5.00. The highest BCUT2D eigenvalue weighted by atomic mass is 32.2. The number of amides is 2. The Bertz CT molecular complexity index is 977. The molecule has 0 saturated carbocycles. The van der Waals surface area contributed by atoms with Crippen LogP contribution in [0.2, 0.25) is 0 Å². The number of carbonyl (C=O) groups is 2. The highest BCUT2D eigenvalue weighted by Gasteiger charge is 2.05. The predicted octanol–water partition coefficient (Wildman–Crippen LogP) is 5.90. The lowest BCUT2D eigenvalue weighted by atomic mass is 10.1. The molecular formula is C27H30N2O2S. The van der Waals surface area contributed by atoms with Crippen LogP contribution in [0.25, 0.3) is 11.1 Å². The molecule has 0 aliphatic rings. The van der Waals surface area contributed by atoms with Crippen molar-refractivity contribution in [3.05, 3.63) is 90.5 Å². The Morgan fingerprint density at radius 3 is 2.22 bits per heavy atom. The standard InChI is InChI=1S/C27H30N2O2S/c30-26(29-25-16-10-15-24(19-25)23-13-6-2-7-14-23)17-8-3-9-18-28-27(31)21-32-20-22-11-4-1-5-12-22/h1-2,4-7,10-16,19H,3,8-9,17-18,20-21H2,(H,28,31)(H,29,30). The fourth-order valence-electron chi connectivity index (χ4n) is 3.33. The number of nitrogens with one attached hydrogen (secondary N) is 2. The van der Waals surface area contributed by atoms with Gasteiger partial charge < -0.3 is 10.6 Å². The van der Waals surface area contributed by atoms with Crippen molar-refractivity contribution >= 4 is 29.3 Å². The topological polar surface area (TPSA) is 58.2 Å². The van der Waals surface area contributed by atoms with E-state index in [1.807, 2.05) is 60.7 Å². The summed E-state index contributed by atoms with van der Waals surface area (Å²) in [5.41, 5.74) is 4.26. The minimum Gasteiger partial charge on any atom is -0.355 e. The van der Waals surface area contributed by atoms with Gasteiger partial charge in [0.25, 0.3) is 0 Å². The normalized spacial score (nSPS) is 10.5. The lowest BCUT2D eigenvalue weighted by Gasteiger charge is -2.08. The average molecular weight is 447 g/mol. The zero-order valence-corrected chi connectivity index (χ0v) is 19.1. The number of hydrogen-bond acceptors (Lipinski definition) is 3. The van der Waals surface area contributed by atoms with Gasteiger partial charge in [0.1, 0.15) is 0 Å².